The van der Waals surface area contributed by atoms with E-state index >= 15 is 0 Å². The first-order valence-corrected chi connectivity index (χ1v) is 7.27. The van der Waals surface area contributed by atoms with E-state index < -0.39 is 0 Å². The fraction of sp³-hybridized carbons (Fsp3) is 0.471. The maximum atomic E-state index is 12.0. The highest BCUT2D eigenvalue weighted by Gasteiger charge is 2.69. The van der Waals surface area contributed by atoms with Crippen molar-refractivity contribution in [1.82, 2.24) is 5.32 Å². The quantitative estimate of drug-likeness (QED) is 0.770. The number of fused-ring (bicyclic) bond motifs is 1. The molecule has 0 radical (unpaired) electrons. The lowest BCUT2D eigenvalue weighted by molar-refractivity contribution is 0.104. The molecule has 1 saturated carbocycles. The minimum Gasteiger partial charge on any atom is -0.387 e. The second-order valence-corrected chi connectivity index (χ2v) is 5.82. The molecule has 0 bridgehead atoms. The van der Waals surface area contributed by atoms with Crippen molar-refractivity contribution in [2.24, 2.45) is 11.8 Å². The Labute approximate surface area is 114 Å². The van der Waals surface area contributed by atoms with Crippen molar-refractivity contribution in [1.29, 1.82) is 0 Å². The third kappa shape index (κ3) is 1.46. The van der Waals surface area contributed by atoms with Gasteiger partial charge in [0, 0.05) is 29.3 Å². The van der Waals surface area contributed by atoms with Crippen LogP contribution in [0, 0.1) is 11.8 Å². The number of piperidine rings is 1. The predicted molar refractivity (Wildman–Crippen MR) is 77.2 cm³/mol. The molecule has 1 aromatic rings. The summed E-state index contributed by atoms with van der Waals surface area (Å²) in [6, 6.07) is 8.09. The van der Waals surface area contributed by atoms with Crippen LogP contribution in [-0.4, -0.2) is 12.3 Å². The van der Waals surface area contributed by atoms with E-state index in [4.69, 9.17) is 0 Å². The molecule has 0 amide bonds. The highest BCUT2D eigenvalue weighted by atomic mass is 16.1. The van der Waals surface area contributed by atoms with E-state index in [0.717, 1.165) is 17.8 Å². The van der Waals surface area contributed by atoms with Crippen molar-refractivity contribution in [2.45, 2.75) is 32.6 Å². The standard InChI is InChI=1S/C14H13NO.C3H8/c1-8-11-7-15-13-6-12(16)9-4-2-3-5-10(9)14(8,11)13;1-3-2/h2-6,8,11,15H,7H2,1H3;3H2,1-2H3/t8-,11?,14?;/m1./s1. The van der Waals surface area contributed by atoms with E-state index in [0.29, 0.717) is 11.8 Å². The van der Waals surface area contributed by atoms with E-state index in [1.165, 1.54) is 12.0 Å². The lowest BCUT2D eigenvalue weighted by atomic mass is 9.80. The van der Waals surface area contributed by atoms with Crippen LogP contribution in [0.3, 0.4) is 0 Å². The molecule has 19 heavy (non-hydrogen) atoms. The van der Waals surface area contributed by atoms with E-state index in [9.17, 15) is 4.79 Å². The molecular formula is C17H21NO. The number of ketones is 1. The van der Waals surface area contributed by atoms with Gasteiger partial charge in [-0.05, 0) is 17.4 Å². The Morgan fingerprint density at radius 1 is 1.32 bits per heavy atom. The number of carbonyl (C=O) groups is 1. The molecule has 1 heterocycles. The molecule has 100 valence electrons. The van der Waals surface area contributed by atoms with Gasteiger partial charge in [-0.15, -0.1) is 0 Å². The molecule has 2 unspecified atom stereocenters. The highest BCUT2D eigenvalue weighted by molar-refractivity contribution is 6.08. The Balaban J connectivity index is 0.000000339. The average Bonchev–Trinajstić information content (AvgIpc) is 2.80. The average molecular weight is 255 g/mol. The van der Waals surface area contributed by atoms with E-state index in [-0.39, 0.29) is 11.2 Å². The van der Waals surface area contributed by atoms with Gasteiger partial charge in [0.2, 0.25) is 0 Å². The third-order valence-corrected chi connectivity index (χ3v) is 4.67. The van der Waals surface area contributed by atoms with Crippen molar-refractivity contribution >= 4 is 5.78 Å². The van der Waals surface area contributed by atoms with Gasteiger partial charge in [-0.2, -0.15) is 0 Å². The second kappa shape index (κ2) is 4.22. The van der Waals surface area contributed by atoms with Crippen LogP contribution in [0.1, 0.15) is 43.1 Å². The maximum Gasteiger partial charge on any atom is 0.187 e. The highest BCUT2D eigenvalue weighted by Crippen LogP contribution is 2.67. The zero-order valence-electron chi connectivity index (χ0n) is 11.9. The van der Waals surface area contributed by atoms with Gasteiger partial charge in [0.1, 0.15) is 0 Å². The number of benzene rings is 1. The molecule has 3 aliphatic rings. The fourth-order valence-electron chi connectivity index (χ4n) is 3.83. The predicted octanol–water partition coefficient (Wildman–Crippen LogP) is 3.29. The number of carbonyl (C=O) groups excluding carboxylic acids is 1. The van der Waals surface area contributed by atoms with Crippen LogP contribution < -0.4 is 5.32 Å². The van der Waals surface area contributed by atoms with E-state index in [1.54, 1.807) is 0 Å². The molecule has 1 saturated heterocycles. The van der Waals surface area contributed by atoms with Crippen molar-refractivity contribution in [3.8, 4) is 0 Å². The first-order valence-electron chi connectivity index (χ1n) is 7.27. The summed E-state index contributed by atoms with van der Waals surface area (Å²) in [5, 5.41) is 3.39. The monoisotopic (exact) mass is 255 g/mol. The molecule has 2 aliphatic carbocycles. The summed E-state index contributed by atoms with van der Waals surface area (Å²) in [6.07, 6.45) is 3.06. The van der Waals surface area contributed by atoms with Gasteiger partial charge in [0.15, 0.2) is 5.78 Å². The largest absolute Gasteiger partial charge is 0.387 e. The zero-order valence-corrected chi connectivity index (χ0v) is 11.9. The Morgan fingerprint density at radius 2 is 2.00 bits per heavy atom. The van der Waals surface area contributed by atoms with Gasteiger partial charge in [-0.3, -0.25) is 4.79 Å². The summed E-state index contributed by atoms with van der Waals surface area (Å²) >= 11 is 0. The first-order chi connectivity index (χ1) is 9.17. The van der Waals surface area contributed by atoms with Gasteiger partial charge in [0.25, 0.3) is 0 Å². The number of allylic oxidation sites excluding steroid dienone is 2. The number of rotatable bonds is 0. The minimum absolute atomic E-state index is 0.156. The molecule has 1 spiro atoms. The normalized spacial score (nSPS) is 33.0. The Kier molecular flexibility index (Phi) is 2.77. The molecule has 4 rings (SSSR count). The van der Waals surface area contributed by atoms with Crippen LogP contribution in [0.4, 0.5) is 0 Å². The molecule has 1 N–H and O–H groups in total. The summed E-state index contributed by atoms with van der Waals surface area (Å²) in [4.78, 5) is 12.0. The minimum atomic E-state index is 0.156. The molecular weight excluding hydrogens is 234 g/mol. The van der Waals surface area contributed by atoms with Crippen molar-refractivity contribution in [2.75, 3.05) is 6.54 Å². The Hall–Kier alpha value is -1.57. The topological polar surface area (TPSA) is 29.1 Å². The summed E-state index contributed by atoms with van der Waals surface area (Å²) in [5.41, 5.74) is 3.47. The van der Waals surface area contributed by atoms with Gasteiger partial charge < -0.3 is 5.32 Å². The van der Waals surface area contributed by atoms with Gasteiger partial charge >= 0.3 is 0 Å². The number of nitrogens with one attached hydrogen (secondary N) is 1. The molecule has 2 fully saturated rings. The van der Waals surface area contributed by atoms with Crippen LogP contribution in [0.25, 0.3) is 0 Å². The third-order valence-electron chi connectivity index (χ3n) is 4.67. The van der Waals surface area contributed by atoms with Crippen LogP contribution in [-0.2, 0) is 5.41 Å². The number of hydrogen-bond donors (Lipinski definition) is 1. The van der Waals surface area contributed by atoms with Crippen LogP contribution >= 0.6 is 0 Å². The molecule has 3 atom stereocenters. The summed E-state index contributed by atoms with van der Waals surface area (Å²) in [5.74, 6) is 1.52. The summed E-state index contributed by atoms with van der Waals surface area (Å²) in [7, 11) is 0. The van der Waals surface area contributed by atoms with E-state index in [2.05, 4.69) is 32.2 Å². The van der Waals surface area contributed by atoms with Crippen molar-refractivity contribution in [3.05, 3.63) is 47.2 Å². The molecule has 0 aromatic heterocycles. The summed E-state index contributed by atoms with van der Waals surface area (Å²) < 4.78 is 0. The molecule has 2 heteroatoms. The summed E-state index contributed by atoms with van der Waals surface area (Å²) in [6.45, 7) is 7.57. The van der Waals surface area contributed by atoms with Gasteiger partial charge in [-0.1, -0.05) is 51.5 Å². The SMILES string of the molecule is CCC.C[C@@H]1C2CNC3=CC(=O)c4ccccc4C321. The number of hydrogen-bond acceptors (Lipinski definition) is 2. The van der Waals surface area contributed by atoms with Gasteiger partial charge in [-0.25, -0.2) is 0 Å². The Bertz CT molecular complexity index is 560. The molecule has 1 aliphatic heterocycles. The van der Waals surface area contributed by atoms with Crippen LogP contribution in [0.2, 0.25) is 0 Å². The maximum absolute atomic E-state index is 12.0. The molecule has 2 nitrogen and oxygen atoms in total. The first kappa shape index (κ1) is 12.5. The lowest BCUT2D eigenvalue weighted by Gasteiger charge is -2.24. The van der Waals surface area contributed by atoms with Crippen LogP contribution in [0.15, 0.2) is 36.0 Å². The van der Waals surface area contributed by atoms with E-state index in [1.807, 2.05) is 24.3 Å². The zero-order chi connectivity index (χ0) is 13.6. The van der Waals surface area contributed by atoms with Crippen LogP contribution in [0.5, 0.6) is 0 Å². The van der Waals surface area contributed by atoms with Crippen molar-refractivity contribution in [3.63, 3.8) is 0 Å². The second-order valence-electron chi connectivity index (χ2n) is 5.82. The Morgan fingerprint density at radius 3 is 2.68 bits per heavy atom. The smallest absolute Gasteiger partial charge is 0.187 e. The molecule has 1 aromatic carbocycles. The van der Waals surface area contributed by atoms with Gasteiger partial charge in [0.05, 0.1) is 0 Å². The van der Waals surface area contributed by atoms with Crippen molar-refractivity contribution < 1.29 is 4.79 Å². The fourth-order valence-corrected chi connectivity index (χ4v) is 3.83. The lowest BCUT2D eigenvalue weighted by Crippen LogP contribution is -2.27.